The average molecular weight is 383 g/mol. The van der Waals surface area contributed by atoms with Crippen molar-refractivity contribution in [2.75, 3.05) is 11.4 Å². The molecule has 144 valence electrons. The van der Waals surface area contributed by atoms with Crippen molar-refractivity contribution in [1.29, 1.82) is 0 Å². The van der Waals surface area contributed by atoms with E-state index in [2.05, 4.69) is 4.90 Å². The van der Waals surface area contributed by atoms with E-state index < -0.39 is 5.41 Å². The zero-order valence-corrected chi connectivity index (χ0v) is 16.3. The summed E-state index contributed by atoms with van der Waals surface area (Å²) in [5.41, 5.74) is 3.09. The standard InChI is InChI=1S/C24H21N3O2/c1-15-19-14-24(21(28)17-10-5-6-11-18(17)22(24)29)20-12-7-13-26(20)23(19)27(25-15)16-8-3-2-4-9-16/h2-6,8-11,20H,7,12-14H2,1H3/t20-/m0/s1. The van der Waals surface area contributed by atoms with Gasteiger partial charge in [-0.05, 0) is 31.9 Å². The Kier molecular flexibility index (Phi) is 3.26. The second kappa shape index (κ2) is 5.66. The minimum Gasteiger partial charge on any atom is -0.352 e. The summed E-state index contributed by atoms with van der Waals surface area (Å²) in [5.74, 6) is 1.04. The first-order chi connectivity index (χ1) is 14.1. The summed E-state index contributed by atoms with van der Waals surface area (Å²) < 4.78 is 1.99. The molecule has 3 heterocycles. The van der Waals surface area contributed by atoms with Gasteiger partial charge in [0.15, 0.2) is 11.6 Å². The minimum absolute atomic E-state index is 0.00693. The van der Waals surface area contributed by atoms with E-state index in [0.29, 0.717) is 17.5 Å². The number of Topliss-reactive ketones (excluding diaryl/α,β-unsaturated/α-hetero) is 2. The van der Waals surface area contributed by atoms with Gasteiger partial charge < -0.3 is 4.90 Å². The van der Waals surface area contributed by atoms with Crippen LogP contribution in [0, 0.1) is 12.3 Å². The predicted molar refractivity (Wildman–Crippen MR) is 110 cm³/mol. The molecule has 5 nitrogen and oxygen atoms in total. The molecule has 6 rings (SSSR count). The predicted octanol–water partition coefficient (Wildman–Crippen LogP) is 3.77. The molecule has 5 heteroatoms. The summed E-state index contributed by atoms with van der Waals surface area (Å²) >= 11 is 0. The molecule has 1 aliphatic carbocycles. The third-order valence-electron chi connectivity index (χ3n) is 6.93. The van der Waals surface area contributed by atoms with E-state index in [1.165, 1.54) is 0 Å². The average Bonchev–Trinajstić information content (AvgIpc) is 3.42. The number of para-hydroxylation sites is 1. The maximum Gasteiger partial charge on any atom is 0.179 e. The number of nitrogens with zero attached hydrogens (tertiary/aromatic N) is 3. The molecule has 0 bridgehead atoms. The Morgan fingerprint density at radius 1 is 0.966 bits per heavy atom. The number of fused-ring (bicyclic) bond motifs is 5. The van der Waals surface area contributed by atoms with Crippen LogP contribution >= 0.6 is 0 Å². The summed E-state index contributed by atoms with van der Waals surface area (Å²) in [4.78, 5) is 29.6. The Hall–Kier alpha value is -3.21. The van der Waals surface area contributed by atoms with E-state index in [4.69, 9.17) is 5.10 Å². The van der Waals surface area contributed by atoms with Crippen LogP contribution in [0.4, 0.5) is 5.82 Å². The van der Waals surface area contributed by atoms with Crippen molar-refractivity contribution in [2.45, 2.75) is 32.2 Å². The molecule has 0 unspecified atom stereocenters. The number of hydrogen-bond acceptors (Lipinski definition) is 4. The van der Waals surface area contributed by atoms with E-state index in [9.17, 15) is 9.59 Å². The van der Waals surface area contributed by atoms with Gasteiger partial charge in [-0.3, -0.25) is 9.59 Å². The van der Waals surface area contributed by atoms with Crippen molar-refractivity contribution in [3.8, 4) is 5.69 Å². The van der Waals surface area contributed by atoms with E-state index in [1.807, 2.05) is 54.1 Å². The molecule has 3 aromatic rings. The summed E-state index contributed by atoms with van der Waals surface area (Å²) in [6.07, 6.45) is 2.26. The Labute approximate surface area is 169 Å². The van der Waals surface area contributed by atoms with Gasteiger partial charge in [0.05, 0.1) is 17.4 Å². The van der Waals surface area contributed by atoms with Gasteiger partial charge in [0.25, 0.3) is 0 Å². The van der Waals surface area contributed by atoms with Gasteiger partial charge in [0, 0.05) is 29.7 Å². The lowest BCUT2D eigenvalue weighted by Crippen LogP contribution is -2.56. The van der Waals surface area contributed by atoms with Crippen molar-refractivity contribution in [1.82, 2.24) is 9.78 Å². The number of benzene rings is 2. The molecule has 1 aromatic heterocycles. The maximum absolute atomic E-state index is 13.6. The van der Waals surface area contributed by atoms with Crippen LogP contribution in [-0.2, 0) is 6.42 Å². The lowest BCUT2D eigenvalue weighted by molar-refractivity contribution is 0.0643. The van der Waals surface area contributed by atoms with Gasteiger partial charge in [0.1, 0.15) is 11.2 Å². The second-order valence-corrected chi connectivity index (χ2v) is 8.34. The number of aryl methyl sites for hydroxylation is 1. The molecule has 2 aromatic carbocycles. The van der Waals surface area contributed by atoms with Gasteiger partial charge in [0.2, 0.25) is 0 Å². The first-order valence-corrected chi connectivity index (χ1v) is 10.2. The summed E-state index contributed by atoms with van der Waals surface area (Å²) in [6.45, 7) is 2.83. The molecule has 0 radical (unpaired) electrons. The van der Waals surface area contributed by atoms with Crippen molar-refractivity contribution in [2.24, 2.45) is 5.41 Å². The lowest BCUT2D eigenvalue weighted by Gasteiger charge is -2.43. The topological polar surface area (TPSA) is 55.2 Å². The van der Waals surface area contributed by atoms with Gasteiger partial charge in [-0.25, -0.2) is 4.68 Å². The smallest absolute Gasteiger partial charge is 0.179 e. The van der Waals surface area contributed by atoms with Crippen LogP contribution in [0.1, 0.15) is 44.8 Å². The van der Waals surface area contributed by atoms with Crippen LogP contribution in [0.2, 0.25) is 0 Å². The highest BCUT2D eigenvalue weighted by molar-refractivity contribution is 6.30. The Balaban J connectivity index is 1.58. The van der Waals surface area contributed by atoms with Crippen molar-refractivity contribution >= 4 is 17.4 Å². The van der Waals surface area contributed by atoms with Crippen LogP contribution in [0.25, 0.3) is 5.69 Å². The fraction of sp³-hybridized carbons (Fsp3) is 0.292. The van der Waals surface area contributed by atoms with Gasteiger partial charge in [-0.2, -0.15) is 5.10 Å². The largest absolute Gasteiger partial charge is 0.352 e. The van der Waals surface area contributed by atoms with Crippen LogP contribution in [0.3, 0.4) is 0 Å². The van der Waals surface area contributed by atoms with E-state index >= 15 is 0 Å². The number of ketones is 2. The van der Waals surface area contributed by atoms with E-state index in [-0.39, 0.29) is 17.6 Å². The Morgan fingerprint density at radius 3 is 2.31 bits per heavy atom. The Bertz CT molecular complexity index is 1140. The molecule has 1 atom stereocenters. The molecular weight excluding hydrogens is 362 g/mol. The van der Waals surface area contributed by atoms with E-state index in [1.54, 1.807) is 12.1 Å². The van der Waals surface area contributed by atoms with Crippen molar-refractivity contribution in [3.63, 3.8) is 0 Å². The van der Waals surface area contributed by atoms with E-state index in [0.717, 1.165) is 42.1 Å². The lowest BCUT2D eigenvalue weighted by atomic mass is 9.68. The van der Waals surface area contributed by atoms with Gasteiger partial charge in [-0.1, -0.05) is 42.5 Å². The molecule has 29 heavy (non-hydrogen) atoms. The minimum atomic E-state index is -1.01. The maximum atomic E-state index is 13.6. The molecule has 2 aliphatic heterocycles. The SMILES string of the molecule is Cc1nn(-c2ccccc2)c2c1CC1(C(=O)c3ccccc3C1=O)[C@@H]1CCCN21. The molecule has 0 amide bonds. The van der Waals surface area contributed by atoms with Gasteiger partial charge >= 0.3 is 0 Å². The number of carbonyl (C=O) groups excluding carboxylic acids is 2. The zero-order valence-electron chi connectivity index (χ0n) is 16.3. The summed E-state index contributed by atoms with van der Waals surface area (Å²) in [6, 6.07) is 17.3. The molecule has 1 spiro atoms. The fourth-order valence-electron chi connectivity index (χ4n) is 5.65. The number of hydrogen-bond donors (Lipinski definition) is 0. The Morgan fingerprint density at radius 2 is 1.62 bits per heavy atom. The van der Waals surface area contributed by atoms with Crippen LogP contribution in [-0.4, -0.2) is 33.9 Å². The zero-order chi connectivity index (χ0) is 19.8. The summed E-state index contributed by atoms with van der Waals surface area (Å²) in [5, 5.41) is 4.83. The van der Waals surface area contributed by atoms with Crippen molar-refractivity contribution < 1.29 is 9.59 Å². The number of anilines is 1. The molecule has 0 N–H and O–H groups in total. The van der Waals surface area contributed by atoms with Crippen LogP contribution in [0.5, 0.6) is 0 Å². The highest BCUT2D eigenvalue weighted by atomic mass is 16.2. The molecule has 1 fully saturated rings. The number of carbonyl (C=O) groups is 2. The van der Waals surface area contributed by atoms with Crippen LogP contribution in [0.15, 0.2) is 54.6 Å². The van der Waals surface area contributed by atoms with Gasteiger partial charge in [-0.15, -0.1) is 0 Å². The third kappa shape index (κ3) is 1.97. The monoisotopic (exact) mass is 383 g/mol. The molecular formula is C24H21N3O2. The number of aromatic nitrogens is 2. The highest BCUT2D eigenvalue weighted by Gasteiger charge is 2.62. The quantitative estimate of drug-likeness (QED) is 0.600. The first kappa shape index (κ1) is 16.7. The molecule has 1 saturated heterocycles. The molecule has 0 saturated carbocycles. The van der Waals surface area contributed by atoms with Crippen LogP contribution < -0.4 is 4.90 Å². The number of rotatable bonds is 1. The normalized spacial score (nSPS) is 21.4. The third-order valence-corrected chi connectivity index (χ3v) is 6.93. The highest BCUT2D eigenvalue weighted by Crippen LogP contribution is 2.53. The first-order valence-electron chi connectivity index (χ1n) is 10.2. The molecule has 3 aliphatic rings. The van der Waals surface area contributed by atoms with Crippen molar-refractivity contribution in [3.05, 3.63) is 77.0 Å². The summed E-state index contributed by atoms with van der Waals surface area (Å²) in [7, 11) is 0. The second-order valence-electron chi connectivity index (χ2n) is 8.34. The fourth-order valence-corrected chi connectivity index (χ4v) is 5.65.